The maximum atomic E-state index is 5.89. The molecule has 1 aliphatic carbocycles. The summed E-state index contributed by atoms with van der Waals surface area (Å²) in [5.41, 5.74) is 2.23. The van der Waals surface area contributed by atoms with E-state index in [9.17, 15) is 0 Å². The van der Waals surface area contributed by atoms with Crippen LogP contribution in [0, 0.1) is 5.92 Å². The topological polar surface area (TPSA) is 62.3 Å². The third kappa shape index (κ3) is 6.14. The molecule has 6 heteroatoms. The maximum Gasteiger partial charge on any atom is 0.225 e. The van der Waals surface area contributed by atoms with Crippen molar-refractivity contribution in [2.75, 3.05) is 37.5 Å². The summed E-state index contributed by atoms with van der Waals surface area (Å²) in [7, 11) is 4.07. The van der Waals surface area contributed by atoms with Crippen molar-refractivity contribution in [2.45, 2.75) is 51.6 Å². The van der Waals surface area contributed by atoms with Crippen LogP contribution in [0.15, 0.2) is 48.5 Å². The maximum absolute atomic E-state index is 5.89. The Hall–Kier alpha value is -2.86. The molecular formula is C27H37N5O. The summed E-state index contributed by atoms with van der Waals surface area (Å²) in [6, 6.07) is 17.0. The van der Waals surface area contributed by atoms with Crippen molar-refractivity contribution in [3.63, 3.8) is 0 Å². The number of aromatic nitrogens is 2. The van der Waals surface area contributed by atoms with Gasteiger partial charge in [-0.1, -0.05) is 37.3 Å². The molecule has 0 spiro atoms. The monoisotopic (exact) mass is 447 g/mol. The Morgan fingerprint density at radius 2 is 1.73 bits per heavy atom. The SMILES string of the molecule is CCCOc1ccccc1CNCC1CCC(Nc2nc(N(C)C)c3ccccc3n2)CC1. The number of ether oxygens (including phenoxy) is 1. The molecule has 1 aromatic heterocycles. The zero-order chi connectivity index (χ0) is 23.0. The fourth-order valence-electron chi connectivity index (χ4n) is 4.57. The first kappa shape index (κ1) is 23.3. The highest BCUT2D eigenvalue weighted by Gasteiger charge is 2.22. The van der Waals surface area contributed by atoms with E-state index in [1.165, 1.54) is 18.4 Å². The Morgan fingerprint density at radius 1 is 0.970 bits per heavy atom. The van der Waals surface area contributed by atoms with Crippen LogP contribution < -0.4 is 20.3 Å². The molecule has 1 heterocycles. The summed E-state index contributed by atoms with van der Waals surface area (Å²) >= 11 is 0. The lowest BCUT2D eigenvalue weighted by molar-refractivity contribution is 0.308. The predicted molar refractivity (Wildman–Crippen MR) is 137 cm³/mol. The summed E-state index contributed by atoms with van der Waals surface area (Å²) in [6.45, 7) is 4.81. The van der Waals surface area contributed by atoms with E-state index in [0.717, 1.165) is 67.4 Å². The third-order valence-corrected chi connectivity index (χ3v) is 6.37. The van der Waals surface area contributed by atoms with Crippen molar-refractivity contribution >= 4 is 22.7 Å². The lowest BCUT2D eigenvalue weighted by atomic mass is 9.86. The lowest BCUT2D eigenvalue weighted by Crippen LogP contribution is -2.31. The molecule has 0 radical (unpaired) electrons. The van der Waals surface area contributed by atoms with Crippen molar-refractivity contribution in [1.82, 2.24) is 15.3 Å². The van der Waals surface area contributed by atoms with E-state index in [2.05, 4.69) is 52.8 Å². The molecule has 0 bridgehead atoms. The Bertz CT molecular complexity index is 1030. The van der Waals surface area contributed by atoms with E-state index in [1.807, 2.05) is 32.3 Å². The van der Waals surface area contributed by atoms with Gasteiger partial charge in [-0.25, -0.2) is 4.98 Å². The summed E-state index contributed by atoms with van der Waals surface area (Å²) < 4.78 is 5.89. The number of nitrogens with zero attached hydrogens (tertiary/aromatic N) is 3. The molecule has 176 valence electrons. The van der Waals surface area contributed by atoms with E-state index in [0.29, 0.717) is 12.0 Å². The molecule has 2 N–H and O–H groups in total. The van der Waals surface area contributed by atoms with Crippen LogP contribution in [0.3, 0.4) is 0 Å². The van der Waals surface area contributed by atoms with E-state index in [4.69, 9.17) is 14.7 Å². The average molecular weight is 448 g/mol. The third-order valence-electron chi connectivity index (χ3n) is 6.37. The molecule has 0 amide bonds. The van der Waals surface area contributed by atoms with Gasteiger partial charge in [0.2, 0.25) is 5.95 Å². The highest BCUT2D eigenvalue weighted by Crippen LogP contribution is 2.28. The zero-order valence-electron chi connectivity index (χ0n) is 20.2. The molecule has 0 saturated heterocycles. The number of nitrogens with one attached hydrogen (secondary N) is 2. The van der Waals surface area contributed by atoms with Crippen LogP contribution >= 0.6 is 0 Å². The zero-order valence-corrected chi connectivity index (χ0v) is 20.2. The normalized spacial score (nSPS) is 18.3. The Kier molecular flexibility index (Phi) is 8.00. The van der Waals surface area contributed by atoms with Gasteiger partial charge in [-0.05, 0) is 62.8 Å². The van der Waals surface area contributed by atoms with Crippen LogP contribution in [0.25, 0.3) is 10.9 Å². The molecule has 2 aromatic carbocycles. The van der Waals surface area contributed by atoms with Crippen molar-refractivity contribution in [2.24, 2.45) is 5.92 Å². The van der Waals surface area contributed by atoms with Gasteiger partial charge in [0, 0.05) is 37.6 Å². The van der Waals surface area contributed by atoms with Gasteiger partial charge in [-0.3, -0.25) is 0 Å². The smallest absolute Gasteiger partial charge is 0.225 e. The van der Waals surface area contributed by atoms with Crippen molar-refractivity contribution < 1.29 is 4.74 Å². The summed E-state index contributed by atoms with van der Waals surface area (Å²) in [5, 5.41) is 8.36. The van der Waals surface area contributed by atoms with Crippen LogP contribution in [0.1, 0.15) is 44.6 Å². The van der Waals surface area contributed by atoms with Crippen molar-refractivity contribution in [1.29, 1.82) is 0 Å². The molecule has 3 aromatic rings. The Labute approximate surface area is 197 Å². The van der Waals surface area contributed by atoms with Crippen LogP contribution in [-0.4, -0.2) is 43.3 Å². The van der Waals surface area contributed by atoms with Crippen molar-refractivity contribution in [3.05, 3.63) is 54.1 Å². The standard InChI is InChI=1S/C27H37N5O/c1-4-17-33-25-12-8-5-9-21(25)19-28-18-20-13-15-22(16-14-20)29-27-30-24-11-7-6-10-23(24)26(31-27)32(2)3/h5-12,20,22,28H,4,13-19H2,1-3H3,(H,29,30,31). The minimum Gasteiger partial charge on any atom is -0.493 e. The van der Waals surface area contributed by atoms with Crippen LogP contribution in [0.2, 0.25) is 0 Å². The van der Waals surface area contributed by atoms with Crippen LogP contribution in [0.5, 0.6) is 5.75 Å². The van der Waals surface area contributed by atoms with E-state index in [-0.39, 0.29) is 0 Å². The van der Waals surface area contributed by atoms with Crippen LogP contribution in [-0.2, 0) is 6.54 Å². The average Bonchev–Trinajstić information content (AvgIpc) is 2.84. The molecule has 1 fully saturated rings. The second kappa shape index (κ2) is 11.3. The van der Waals surface area contributed by atoms with Gasteiger partial charge >= 0.3 is 0 Å². The van der Waals surface area contributed by atoms with Gasteiger partial charge in [0.25, 0.3) is 0 Å². The number of rotatable bonds is 10. The second-order valence-corrected chi connectivity index (χ2v) is 9.23. The van der Waals surface area contributed by atoms with Gasteiger partial charge in [0.05, 0.1) is 12.1 Å². The number of anilines is 2. The highest BCUT2D eigenvalue weighted by atomic mass is 16.5. The molecule has 1 saturated carbocycles. The van der Waals surface area contributed by atoms with Gasteiger partial charge in [-0.2, -0.15) is 4.98 Å². The molecule has 1 aliphatic rings. The predicted octanol–water partition coefficient (Wildman–Crippen LogP) is 5.25. The fourth-order valence-corrected chi connectivity index (χ4v) is 4.57. The molecular weight excluding hydrogens is 410 g/mol. The summed E-state index contributed by atoms with van der Waals surface area (Å²) in [4.78, 5) is 11.6. The fraction of sp³-hybridized carbons (Fsp3) is 0.481. The van der Waals surface area contributed by atoms with E-state index in [1.54, 1.807) is 0 Å². The summed E-state index contributed by atoms with van der Waals surface area (Å²) in [5.74, 6) is 3.42. The number of hydrogen-bond acceptors (Lipinski definition) is 6. The number of benzene rings is 2. The molecule has 0 unspecified atom stereocenters. The Morgan fingerprint density at radius 3 is 2.52 bits per heavy atom. The van der Waals surface area contributed by atoms with E-state index < -0.39 is 0 Å². The highest BCUT2D eigenvalue weighted by molar-refractivity contribution is 5.90. The largest absolute Gasteiger partial charge is 0.493 e. The van der Waals surface area contributed by atoms with Crippen molar-refractivity contribution in [3.8, 4) is 5.75 Å². The minimum absolute atomic E-state index is 0.431. The van der Waals surface area contributed by atoms with E-state index >= 15 is 0 Å². The molecule has 33 heavy (non-hydrogen) atoms. The molecule has 0 atom stereocenters. The first-order valence-electron chi connectivity index (χ1n) is 12.3. The second-order valence-electron chi connectivity index (χ2n) is 9.23. The Balaban J connectivity index is 1.27. The first-order valence-corrected chi connectivity index (χ1v) is 12.3. The van der Waals surface area contributed by atoms with Gasteiger partial charge < -0.3 is 20.3 Å². The van der Waals surface area contributed by atoms with Gasteiger partial charge in [0.1, 0.15) is 11.6 Å². The first-order chi connectivity index (χ1) is 16.1. The summed E-state index contributed by atoms with van der Waals surface area (Å²) in [6.07, 6.45) is 5.76. The number of fused-ring (bicyclic) bond motifs is 1. The quantitative estimate of drug-likeness (QED) is 0.443. The van der Waals surface area contributed by atoms with Gasteiger partial charge in [0.15, 0.2) is 0 Å². The lowest BCUT2D eigenvalue weighted by Gasteiger charge is -2.29. The number of hydrogen-bond donors (Lipinski definition) is 2. The number of para-hydroxylation sites is 2. The molecule has 0 aliphatic heterocycles. The van der Waals surface area contributed by atoms with Gasteiger partial charge in [-0.15, -0.1) is 0 Å². The van der Waals surface area contributed by atoms with Crippen LogP contribution in [0.4, 0.5) is 11.8 Å². The molecule has 4 rings (SSSR count). The molecule has 6 nitrogen and oxygen atoms in total. The minimum atomic E-state index is 0.431.